The highest BCUT2D eigenvalue weighted by Crippen LogP contribution is 2.52. The predicted octanol–water partition coefficient (Wildman–Crippen LogP) is 2.88. The molecule has 0 aliphatic carbocycles. The highest BCUT2D eigenvalue weighted by Gasteiger charge is 2.61. The van der Waals surface area contributed by atoms with E-state index in [1.807, 2.05) is 36.9 Å². The van der Waals surface area contributed by atoms with Crippen LogP contribution in [0.5, 0.6) is 0 Å². The molecule has 7 heteroatoms. The molecule has 2 aromatic rings. The van der Waals surface area contributed by atoms with Gasteiger partial charge in [-0.05, 0) is 44.7 Å². The number of fused-ring (bicyclic) bond motifs is 2. The zero-order chi connectivity index (χ0) is 19.7. The number of hydrogen-bond acceptors (Lipinski definition) is 6. The molecule has 2 bridgehead atoms. The van der Waals surface area contributed by atoms with Gasteiger partial charge in [0.25, 0.3) is 5.91 Å². The highest BCUT2D eigenvalue weighted by molar-refractivity contribution is 5.95. The number of pyridine rings is 1. The fourth-order valence-corrected chi connectivity index (χ4v) is 4.72. The van der Waals surface area contributed by atoms with Crippen LogP contribution in [0.3, 0.4) is 0 Å². The third-order valence-corrected chi connectivity index (χ3v) is 6.08. The average Bonchev–Trinajstić information content (AvgIpc) is 3.30. The first-order valence-corrected chi connectivity index (χ1v) is 9.84. The molecule has 2 aromatic heterocycles. The summed E-state index contributed by atoms with van der Waals surface area (Å²) in [5.74, 6) is 0.194. The minimum atomic E-state index is -0.594. The minimum Gasteiger partial charge on any atom is -0.466 e. The van der Waals surface area contributed by atoms with Crippen LogP contribution in [0.4, 0.5) is 0 Å². The molecule has 3 atom stereocenters. The second-order valence-electron chi connectivity index (χ2n) is 7.40. The Morgan fingerprint density at radius 2 is 1.96 bits per heavy atom. The summed E-state index contributed by atoms with van der Waals surface area (Å²) in [5.41, 5.74) is 0.506. The molecular formula is C21H24N4O3. The Kier molecular flexibility index (Phi) is 4.83. The van der Waals surface area contributed by atoms with Crippen molar-refractivity contribution in [3.05, 3.63) is 42.4 Å². The summed E-state index contributed by atoms with van der Waals surface area (Å²) in [6.45, 7) is 4.18. The van der Waals surface area contributed by atoms with Crippen LogP contribution in [0.25, 0.3) is 11.5 Å². The van der Waals surface area contributed by atoms with E-state index >= 15 is 0 Å². The van der Waals surface area contributed by atoms with E-state index in [2.05, 4.69) is 15.0 Å². The fraction of sp³-hybridized carbons (Fsp3) is 0.476. The number of carbonyl (C=O) groups is 2. The number of amides is 1. The van der Waals surface area contributed by atoms with Gasteiger partial charge in [-0.1, -0.05) is 13.0 Å². The number of esters is 1. The van der Waals surface area contributed by atoms with E-state index < -0.39 is 5.41 Å². The van der Waals surface area contributed by atoms with E-state index in [4.69, 9.17) is 4.74 Å². The number of ether oxygens (including phenoxy) is 1. The van der Waals surface area contributed by atoms with Gasteiger partial charge in [0.2, 0.25) is 0 Å². The molecule has 0 radical (unpaired) electrons. The lowest BCUT2D eigenvalue weighted by Gasteiger charge is -2.34. The Morgan fingerprint density at radius 3 is 2.61 bits per heavy atom. The first-order valence-electron chi connectivity index (χ1n) is 9.84. The van der Waals surface area contributed by atoms with Crippen molar-refractivity contribution in [3.63, 3.8) is 0 Å². The van der Waals surface area contributed by atoms with Crippen molar-refractivity contribution in [1.82, 2.24) is 19.9 Å². The molecule has 146 valence electrons. The summed E-state index contributed by atoms with van der Waals surface area (Å²) in [5, 5.41) is 0. The van der Waals surface area contributed by atoms with Gasteiger partial charge < -0.3 is 9.64 Å². The van der Waals surface area contributed by atoms with E-state index in [-0.39, 0.29) is 24.0 Å². The maximum atomic E-state index is 13.2. The van der Waals surface area contributed by atoms with Crippen molar-refractivity contribution in [1.29, 1.82) is 0 Å². The van der Waals surface area contributed by atoms with Crippen molar-refractivity contribution in [2.24, 2.45) is 5.41 Å². The molecule has 2 saturated heterocycles. The Balaban J connectivity index is 1.58. The van der Waals surface area contributed by atoms with Gasteiger partial charge in [-0.3, -0.25) is 14.6 Å². The van der Waals surface area contributed by atoms with Crippen LogP contribution in [-0.4, -0.2) is 50.4 Å². The van der Waals surface area contributed by atoms with Crippen molar-refractivity contribution in [2.45, 2.75) is 51.6 Å². The molecule has 4 rings (SSSR count). The zero-order valence-electron chi connectivity index (χ0n) is 16.2. The van der Waals surface area contributed by atoms with Crippen molar-refractivity contribution < 1.29 is 14.3 Å². The van der Waals surface area contributed by atoms with Gasteiger partial charge >= 0.3 is 5.97 Å². The van der Waals surface area contributed by atoms with E-state index in [1.165, 1.54) is 0 Å². The normalized spacial score (nSPS) is 25.7. The lowest BCUT2D eigenvalue weighted by molar-refractivity contribution is -0.157. The van der Waals surface area contributed by atoms with Crippen LogP contribution >= 0.6 is 0 Å². The molecule has 0 saturated carbocycles. The third kappa shape index (κ3) is 2.85. The quantitative estimate of drug-likeness (QED) is 0.742. The van der Waals surface area contributed by atoms with Gasteiger partial charge in [0, 0.05) is 30.7 Å². The van der Waals surface area contributed by atoms with Crippen LogP contribution in [-0.2, 0) is 9.53 Å². The lowest BCUT2D eigenvalue weighted by Crippen LogP contribution is -2.45. The second kappa shape index (κ2) is 7.30. The Hall–Kier alpha value is -2.83. The molecule has 2 aliphatic rings. The van der Waals surface area contributed by atoms with Crippen molar-refractivity contribution in [3.8, 4) is 11.5 Å². The number of aromatic nitrogens is 3. The number of nitrogens with zero attached hydrogens (tertiary/aromatic N) is 4. The summed E-state index contributed by atoms with van der Waals surface area (Å²) in [6.07, 6.45) is 7.88. The van der Waals surface area contributed by atoms with Crippen LogP contribution in [0.2, 0.25) is 0 Å². The predicted molar refractivity (Wildman–Crippen MR) is 102 cm³/mol. The number of carbonyl (C=O) groups excluding carboxylic acids is 2. The molecule has 0 aromatic carbocycles. The Labute approximate surface area is 164 Å². The van der Waals surface area contributed by atoms with Gasteiger partial charge in [-0.25, -0.2) is 9.97 Å². The summed E-state index contributed by atoms with van der Waals surface area (Å²) in [7, 11) is 0. The van der Waals surface area contributed by atoms with Crippen LogP contribution in [0.15, 0.2) is 36.8 Å². The van der Waals surface area contributed by atoms with Crippen molar-refractivity contribution in [2.75, 3.05) is 6.61 Å². The monoisotopic (exact) mass is 380 g/mol. The molecule has 1 amide bonds. The molecule has 0 unspecified atom stereocenters. The second-order valence-corrected chi connectivity index (χ2v) is 7.40. The highest BCUT2D eigenvalue weighted by atomic mass is 16.5. The van der Waals surface area contributed by atoms with Crippen LogP contribution in [0.1, 0.15) is 49.9 Å². The van der Waals surface area contributed by atoms with Gasteiger partial charge in [0.15, 0.2) is 5.82 Å². The van der Waals surface area contributed by atoms with Crippen LogP contribution < -0.4 is 0 Å². The lowest BCUT2D eigenvalue weighted by atomic mass is 9.72. The largest absolute Gasteiger partial charge is 0.466 e. The number of rotatable bonds is 5. The first kappa shape index (κ1) is 18.5. The molecule has 7 nitrogen and oxygen atoms in total. The fourth-order valence-electron chi connectivity index (χ4n) is 4.72. The van der Waals surface area contributed by atoms with Crippen molar-refractivity contribution >= 4 is 11.9 Å². The van der Waals surface area contributed by atoms with E-state index in [1.54, 1.807) is 18.6 Å². The smallest absolute Gasteiger partial charge is 0.314 e. The molecule has 0 spiro atoms. The zero-order valence-corrected chi connectivity index (χ0v) is 16.2. The molecule has 0 N–H and O–H groups in total. The molecule has 2 aliphatic heterocycles. The molecule has 2 fully saturated rings. The SMILES string of the molecule is CCOC(=O)[C@@]1(CC)C[C@H]2CC[C@@H]1N2C(=O)c1cnc(-c2ccccn2)nc1. The van der Waals surface area contributed by atoms with Gasteiger partial charge in [0.1, 0.15) is 5.69 Å². The summed E-state index contributed by atoms with van der Waals surface area (Å²) in [6, 6.07) is 5.47. The summed E-state index contributed by atoms with van der Waals surface area (Å²) in [4.78, 5) is 40.7. The Morgan fingerprint density at radius 1 is 1.18 bits per heavy atom. The van der Waals surface area contributed by atoms with E-state index in [9.17, 15) is 9.59 Å². The topological polar surface area (TPSA) is 85.3 Å². The maximum absolute atomic E-state index is 13.2. The summed E-state index contributed by atoms with van der Waals surface area (Å²) >= 11 is 0. The van der Waals surface area contributed by atoms with Gasteiger partial charge in [-0.15, -0.1) is 0 Å². The average molecular weight is 380 g/mol. The third-order valence-electron chi connectivity index (χ3n) is 6.08. The molecular weight excluding hydrogens is 356 g/mol. The molecule has 28 heavy (non-hydrogen) atoms. The first-order chi connectivity index (χ1) is 13.6. The van der Waals surface area contributed by atoms with Gasteiger partial charge in [0.05, 0.1) is 17.6 Å². The standard InChI is InChI=1S/C21H24N4O3/c1-3-21(20(27)28-4-2)11-15-8-9-17(21)25(15)19(26)14-12-23-18(24-13-14)16-7-5-6-10-22-16/h5-7,10,12-13,15,17H,3-4,8-9,11H2,1-2H3/t15-,17+,21+/m1/s1. The van der Waals surface area contributed by atoms with E-state index in [0.29, 0.717) is 36.5 Å². The van der Waals surface area contributed by atoms with Gasteiger partial charge in [-0.2, -0.15) is 0 Å². The summed E-state index contributed by atoms with van der Waals surface area (Å²) < 4.78 is 5.36. The van der Waals surface area contributed by atoms with Crippen LogP contribution in [0, 0.1) is 5.41 Å². The number of hydrogen-bond donors (Lipinski definition) is 0. The Bertz CT molecular complexity index is 871. The van der Waals surface area contributed by atoms with E-state index in [0.717, 1.165) is 12.8 Å². The molecule has 4 heterocycles. The minimum absolute atomic E-state index is 0.0670. The maximum Gasteiger partial charge on any atom is 0.314 e.